The third-order valence-electron chi connectivity index (χ3n) is 3.17. The number of amides is 1. The van der Waals surface area contributed by atoms with Gasteiger partial charge in [0.2, 0.25) is 5.91 Å². The molecular formula is C16H24N2O. The summed E-state index contributed by atoms with van der Waals surface area (Å²) in [7, 11) is 0. The first kappa shape index (κ1) is 15.4. The third-order valence-corrected chi connectivity index (χ3v) is 3.17. The summed E-state index contributed by atoms with van der Waals surface area (Å²) >= 11 is 0. The molecule has 0 heterocycles. The first-order valence-corrected chi connectivity index (χ1v) is 6.77. The Labute approximate surface area is 116 Å². The molecule has 104 valence electrons. The fourth-order valence-corrected chi connectivity index (χ4v) is 2.03. The number of rotatable bonds is 7. The van der Waals surface area contributed by atoms with Crippen molar-refractivity contribution < 1.29 is 4.79 Å². The van der Waals surface area contributed by atoms with E-state index in [0.29, 0.717) is 19.4 Å². The number of hydrogen-bond donors (Lipinski definition) is 1. The molecule has 1 aromatic carbocycles. The number of nitrogens with two attached hydrogens (primary N) is 1. The van der Waals surface area contributed by atoms with Crippen LogP contribution >= 0.6 is 0 Å². The molecule has 0 aromatic heterocycles. The summed E-state index contributed by atoms with van der Waals surface area (Å²) in [5.41, 5.74) is 7.18. The lowest BCUT2D eigenvalue weighted by Gasteiger charge is -2.26. The highest BCUT2D eigenvalue weighted by Crippen LogP contribution is 2.16. The molecule has 3 heteroatoms. The number of benzene rings is 1. The van der Waals surface area contributed by atoms with Gasteiger partial charge < -0.3 is 10.6 Å². The van der Waals surface area contributed by atoms with Crippen LogP contribution in [-0.2, 0) is 4.79 Å². The average molecular weight is 260 g/mol. The van der Waals surface area contributed by atoms with E-state index in [0.717, 1.165) is 5.56 Å². The lowest BCUT2D eigenvalue weighted by Crippen LogP contribution is -2.37. The van der Waals surface area contributed by atoms with Crippen LogP contribution in [0.25, 0.3) is 0 Å². The van der Waals surface area contributed by atoms with Gasteiger partial charge in [-0.1, -0.05) is 36.4 Å². The molecule has 0 bridgehead atoms. The van der Waals surface area contributed by atoms with Gasteiger partial charge in [-0.3, -0.25) is 4.79 Å². The van der Waals surface area contributed by atoms with Gasteiger partial charge in [-0.15, -0.1) is 6.58 Å². The molecule has 1 amide bonds. The Balaban J connectivity index is 2.51. The summed E-state index contributed by atoms with van der Waals surface area (Å²) in [5.74, 6) is 0.140. The standard InChI is InChI=1S/C16H24N2O/c1-4-12-18(13(2)3)16(19)11-10-15(17)14-8-6-5-7-9-14/h4-9,13,15H,1,10-12,17H2,2-3H3. The van der Waals surface area contributed by atoms with Gasteiger partial charge >= 0.3 is 0 Å². The van der Waals surface area contributed by atoms with Crippen molar-refractivity contribution in [2.45, 2.75) is 38.8 Å². The normalized spacial score (nSPS) is 12.2. The van der Waals surface area contributed by atoms with E-state index < -0.39 is 0 Å². The van der Waals surface area contributed by atoms with Crippen molar-refractivity contribution >= 4 is 5.91 Å². The zero-order valence-electron chi connectivity index (χ0n) is 11.9. The van der Waals surface area contributed by atoms with Gasteiger partial charge in [-0.2, -0.15) is 0 Å². The van der Waals surface area contributed by atoms with E-state index in [1.54, 1.807) is 6.08 Å². The van der Waals surface area contributed by atoms with Crippen LogP contribution < -0.4 is 5.73 Å². The minimum atomic E-state index is -0.0807. The van der Waals surface area contributed by atoms with Crippen molar-refractivity contribution in [1.29, 1.82) is 0 Å². The Kier molecular flexibility index (Phi) is 6.30. The fraction of sp³-hybridized carbons (Fsp3) is 0.438. The van der Waals surface area contributed by atoms with Crippen LogP contribution in [0.2, 0.25) is 0 Å². The average Bonchev–Trinajstić information content (AvgIpc) is 2.42. The Bertz CT molecular complexity index is 400. The molecule has 19 heavy (non-hydrogen) atoms. The second kappa shape index (κ2) is 7.74. The summed E-state index contributed by atoms with van der Waals surface area (Å²) in [4.78, 5) is 14.0. The van der Waals surface area contributed by atoms with Crippen LogP contribution in [0.4, 0.5) is 0 Å². The minimum absolute atomic E-state index is 0.0807. The second-order valence-corrected chi connectivity index (χ2v) is 4.98. The third kappa shape index (κ3) is 4.87. The Morgan fingerprint density at radius 2 is 2.00 bits per heavy atom. The van der Waals surface area contributed by atoms with Gasteiger partial charge in [0.25, 0.3) is 0 Å². The molecule has 0 radical (unpaired) electrons. The molecular weight excluding hydrogens is 236 g/mol. The van der Waals surface area contributed by atoms with Crippen molar-refractivity contribution in [2.75, 3.05) is 6.54 Å². The van der Waals surface area contributed by atoms with Crippen LogP contribution in [0, 0.1) is 0 Å². The lowest BCUT2D eigenvalue weighted by atomic mass is 10.0. The molecule has 1 unspecified atom stereocenters. The summed E-state index contributed by atoms with van der Waals surface area (Å²) in [6.07, 6.45) is 2.90. The van der Waals surface area contributed by atoms with E-state index in [2.05, 4.69) is 6.58 Å². The van der Waals surface area contributed by atoms with E-state index in [4.69, 9.17) is 5.73 Å². The molecule has 0 aliphatic carbocycles. The van der Waals surface area contributed by atoms with E-state index in [1.807, 2.05) is 49.1 Å². The van der Waals surface area contributed by atoms with Gasteiger partial charge in [0, 0.05) is 25.0 Å². The van der Waals surface area contributed by atoms with Crippen LogP contribution in [-0.4, -0.2) is 23.4 Å². The van der Waals surface area contributed by atoms with Gasteiger partial charge in [-0.05, 0) is 25.8 Å². The topological polar surface area (TPSA) is 46.3 Å². The molecule has 0 spiro atoms. The molecule has 1 rings (SSSR count). The summed E-state index contributed by atoms with van der Waals surface area (Å²) in [6, 6.07) is 10.0. The minimum Gasteiger partial charge on any atom is -0.337 e. The molecule has 0 saturated carbocycles. The van der Waals surface area contributed by atoms with Crippen molar-refractivity contribution in [3.05, 3.63) is 48.6 Å². The molecule has 0 saturated heterocycles. The lowest BCUT2D eigenvalue weighted by molar-refractivity contribution is -0.132. The molecule has 1 aromatic rings. The van der Waals surface area contributed by atoms with Crippen LogP contribution in [0.15, 0.2) is 43.0 Å². The van der Waals surface area contributed by atoms with E-state index in [-0.39, 0.29) is 18.0 Å². The maximum absolute atomic E-state index is 12.1. The highest BCUT2D eigenvalue weighted by Gasteiger charge is 2.16. The van der Waals surface area contributed by atoms with E-state index in [1.165, 1.54) is 0 Å². The van der Waals surface area contributed by atoms with Crippen molar-refractivity contribution in [3.8, 4) is 0 Å². The molecule has 1 atom stereocenters. The smallest absolute Gasteiger partial charge is 0.223 e. The zero-order chi connectivity index (χ0) is 14.3. The molecule has 2 N–H and O–H groups in total. The number of nitrogens with zero attached hydrogens (tertiary/aromatic N) is 1. The summed E-state index contributed by atoms with van der Waals surface area (Å²) in [6.45, 7) is 8.31. The van der Waals surface area contributed by atoms with Gasteiger partial charge in [0.15, 0.2) is 0 Å². The number of hydrogen-bond acceptors (Lipinski definition) is 2. The molecule has 0 aliphatic heterocycles. The quantitative estimate of drug-likeness (QED) is 0.766. The number of carbonyl (C=O) groups excluding carboxylic acids is 1. The Morgan fingerprint density at radius 3 is 2.53 bits per heavy atom. The highest BCUT2D eigenvalue weighted by atomic mass is 16.2. The second-order valence-electron chi connectivity index (χ2n) is 4.98. The first-order chi connectivity index (χ1) is 9.06. The monoisotopic (exact) mass is 260 g/mol. The zero-order valence-corrected chi connectivity index (χ0v) is 11.9. The van der Waals surface area contributed by atoms with Gasteiger partial charge in [-0.25, -0.2) is 0 Å². The van der Waals surface area contributed by atoms with Crippen LogP contribution in [0.1, 0.15) is 38.3 Å². The van der Waals surface area contributed by atoms with Crippen molar-refractivity contribution in [2.24, 2.45) is 5.73 Å². The summed E-state index contributed by atoms with van der Waals surface area (Å²) in [5, 5.41) is 0. The molecule has 0 fully saturated rings. The summed E-state index contributed by atoms with van der Waals surface area (Å²) < 4.78 is 0. The largest absolute Gasteiger partial charge is 0.337 e. The van der Waals surface area contributed by atoms with Crippen molar-refractivity contribution in [3.63, 3.8) is 0 Å². The maximum Gasteiger partial charge on any atom is 0.223 e. The Hall–Kier alpha value is -1.61. The predicted molar refractivity (Wildman–Crippen MR) is 79.7 cm³/mol. The first-order valence-electron chi connectivity index (χ1n) is 6.77. The molecule has 3 nitrogen and oxygen atoms in total. The fourth-order valence-electron chi connectivity index (χ4n) is 2.03. The van der Waals surface area contributed by atoms with E-state index in [9.17, 15) is 4.79 Å². The molecule has 0 aliphatic rings. The SMILES string of the molecule is C=CCN(C(=O)CCC(N)c1ccccc1)C(C)C. The highest BCUT2D eigenvalue weighted by molar-refractivity contribution is 5.76. The maximum atomic E-state index is 12.1. The predicted octanol–water partition coefficient (Wildman–Crippen LogP) is 2.89. The van der Waals surface area contributed by atoms with Crippen LogP contribution in [0.5, 0.6) is 0 Å². The van der Waals surface area contributed by atoms with Gasteiger partial charge in [0.05, 0.1) is 0 Å². The van der Waals surface area contributed by atoms with Gasteiger partial charge in [0.1, 0.15) is 0 Å². The van der Waals surface area contributed by atoms with E-state index >= 15 is 0 Å². The van der Waals surface area contributed by atoms with Crippen molar-refractivity contribution in [1.82, 2.24) is 4.90 Å². The Morgan fingerprint density at radius 1 is 1.37 bits per heavy atom. The number of carbonyl (C=O) groups is 1. The van der Waals surface area contributed by atoms with Crippen LogP contribution in [0.3, 0.4) is 0 Å².